The molecule has 0 aliphatic rings. The number of thiophene rings is 1. The van der Waals surface area contributed by atoms with Crippen LogP contribution < -0.4 is 10.1 Å². The first-order valence-electron chi connectivity index (χ1n) is 5.16. The van der Waals surface area contributed by atoms with Crippen molar-refractivity contribution in [3.05, 3.63) is 15.8 Å². The number of nitrogens with one attached hydrogen (secondary N) is 1. The van der Waals surface area contributed by atoms with E-state index in [2.05, 4.69) is 5.32 Å². The van der Waals surface area contributed by atoms with Crippen molar-refractivity contribution in [1.82, 2.24) is 5.32 Å². The molecule has 1 heterocycles. The number of carboxylic acid groups (broad SMARTS) is 1. The fraction of sp³-hybridized carbons (Fsp3) is 0.455. The second-order valence-corrected chi connectivity index (χ2v) is 5.12. The van der Waals surface area contributed by atoms with Gasteiger partial charge in [-0.25, -0.2) is 4.79 Å². The number of amides is 1. The molecule has 1 amide bonds. The number of carbonyl (C=O) groups excluding carboxylic acids is 1. The van der Waals surface area contributed by atoms with E-state index in [-0.39, 0.29) is 29.2 Å². The van der Waals surface area contributed by atoms with Gasteiger partial charge < -0.3 is 15.2 Å². The lowest BCUT2D eigenvalue weighted by Gasteiger charge is -2.09. The predicted molar refractivity (Wildman–Crippen MR) is 64.8 cm³/mol. The summed E-state index contributed by atoms with van der Waals surface area (Å²) in [7, 11) is 0. The van der Waals surface area contributed by atoms with Crippen LogP contribution in [0.1, 0.15) is 28.4 Å². The first-order valence-corrected chi connectivity index (χ1v) is 5.97. The highest BCUT2D eigenvalue weighted by Crippen LogP contribution is 2.28. The van der Waals surface area contributed by atoms with E-state index in [0.29, 0.717) is 0 Å². The Hall–Kier alpha value is -1.56. The molecule has 0 spiro atoms. The number of ether oxygens (including phenoxy) is 1. The van der Waals surface area contributed by atoms with Crippen LogP contribution in [0.2, 0.25) is 0 Å². The van der Waals surface area contributed by atoms with E-state index in [1.165, 1.54) is 0 Å². The molecule has 0 saturated heterocycles. The maximum absolute atomic E-state index is 11.3. The van der Waals surface area contributed by atoms with Crippen LogP contribution in [0.25, 0.3) is 0 Å². The molecule has 0 aliphatic carbocycles. The fourth-order valence-corrected chi connectivity index (χ4v) is 2.05. The third-order valence-corrected chi connectivity index (χ3v) is 2.84. The molecule has 94 valence electrons. The molecule has 0 saturated carbocycles. The highest BCUT2D eigenvalue weighted by Gasteiger charge is 2.16. The number of hydrogen-bond donors (Lipinski definition) is 2. The first-order chi connectivity index (χ1) is 7.90. The quantitative estimate of drug-likeness (QED) is 0.841. The summed E-state index contributed by atoms with van der Waals surface area (Å²) in [5, 5.41) is 11.6. The number of hydrogen-bond acceptors (Lipinski definition) is 4. The smallest absolute Gasteiger partial charge is 0.349 e. The predicted octanol–water partition coefficient (Wildman–Crippen LogP) is 1.66. The van der Waals surface area contributed by atoms with Gasteiger partial charge in [0.1, 0.15) is 5.75 Å². The van der Waals surface area contributed by atoms with E-state index in [9.17, 15) is 9.59 Å². The Morgan fingerprint density at radius 2 is 2.18 bits per heavy atom. The van der Waals surface area contributed by atoms with Crippen molar-refractivity contribution in [2.24, 2.45) is 0 Å². The Morgan fingerprint density at radius 3 is 2.71 bits per heavy atom. The van der Waals surface area contributed by atoms with Gasteiger partial charge in [-0.05, 0) is 26.8 Å². The van der Waals surface area contributed by atoms with Crippen LogP contribution in [-0.4, -0.2) is 29.6 Å². The zero-order valence-corrected chi connectivity index (χ0v) is 10.8. The molecule has 0 bridgehead atoms. The van der Waals surface area contributed by atoms with Gasteiger partial charge in [0.15, 0.2) is 11.5 Å². The molecule has 1 aromatic rings. The number of carboxylic acids is 1. The standard InChI is InChI=1S/C11H15NO4S/c1-6(2)12-9(13)5-16-8-4-7(3)17-10(8)11(14)15/h4,6H,5H2,1-3H3,(H,12,13)(H,14,15). The van der Waals surface area contributed by atoms with Crippen molar-refractivity contribution in [3.8, 4) is 5.75 Å². The van der Waals surface area contributed by atoms with Crippen molar-refractivity contribution in [3.63, 3.8) is 0 Å². The highest BCUT2D eigenvalue weighted by atomic mass is 32.1. The second-order valence-electron chi connectivity index (χ2n) is 3.87. The average molecular weight is 257 g/mol. The van der Waals surface area contributed by atoms with Crippen LogP contribution in [0.4, 0.5) is 0 Å². The summed E-state index contributed by atoms with van der Waals surface area (Å²) >= 11 is 1.13. The van der Waals surface area contributed by atoms with E-state index in [0.717, 1.165) is 16.2 Å². The van der Waals surface area contributed by atoms with Crippen LogP contribution in [0.3, 0.4) is 0 Å². The van der Waals surface area contributed by atoms with Gasteiger partial charge in [0.05, 0.1) is 0 Å². The minimum absolute atomic E-state index is 0.0363. The lowest BCUT2D eigenvalue weighted by molar-refractivity contribution is -0.123. The Morgan fingerprint density at radius 1 is 1.53 bits per heavy atom. The molecular formula is C11H15NO4S. The molecule has 6 heteroatoms. The molecule has 1 rings (SSSR count). The lowest BCUT2D eigenvalue weighted by Crippen LogP contribution is -2.34. The number of rotatable bonds is 5. The fourth-order valence-electron chi connectivity index (χ4n) is 1.25. The first kappa shape index (κ1) is 13.5. The Kier molecular flexibility index (Phi) is 4.51. The normalized spacial score (nSPS) is 10.4. The van der Waals surface area contributed by atoms with Crippen LogP contribution in [0.5, 0.6) is 5.75 Å². The Labute approximate surface area is 103 Å². The zero-order chi connectivity index (χ0) is 13.0. The summed E-state index contributed by atoms with van der Waals surface area (Å²) < 4.78 is 5.20. The van der Waals surface area contributed by atoms with Crippen LogP contribution >= 0.6 is 11.3 Å². The third-order valence-electron chi connectivity index (χ3n) is 1.82. The van der Waals surface area contributed by atoms with Gasteiger partial charge in [-0.2, -0.15) is 0 Å². The molecule has 0 atom stereocenters. The van der Waals surface area contributed by atoms with Gasteiger partial charge in [0.25, 0.3) is 5.91 Å². The molecule has 17 heavy (non-hydrogen) atoms. The van der Waals surface area contributed by atoms with Crippen LogP contribution in [-0.2, 0) is 4.79 Å². The molecule has 0 aliphatic heterocycles. The van der Waals surface area contributed by atoms with E-state index < -0.39 is 5.97 Å². The van der Waals surface area contributed by atoms with Crippen molar-refractivity contribution in [2.45, 2.75) is 26.8 Å². The summed E-state index contributed by atoms with van der Waals surface area (Å²) in [6.45, 7) is 5.30. The number of carbonyl (C=O) groups is 2. The number of aryl methyl sites for hydroxylation is 1. The average Bonchev–Trinajstić information content (AvgIpc) is 2.55. The third kappa shape index (κ3) is 4.07. The Bertz CT molecular complexity index is 425. The SMILES string of the molecule is Cc1cc(OCC(=O)NC(C)C)c(C(=O)O)s1. The summed E-state index contributed by atoms with van der Waals surface area (Å²) in [5.74, 6) is -1.05. The molecular weight excluding hydrogens is 242 g/mol. The van der Waals surface area contributed by atoms with Crippen molar-refractivity contribution < 1.29 is 19.4 Å². The van der Waals surface area contributed by atoms with E-state index in [1.807, 2.05) is 13.8 Å². The molecule has 0 fully saturated rings. The summed E-state index contributed by atoms with van der Waals surface area (Å²) in [4.78, 5) is 23.2. The van der Waals surface area contributed by atoms with E-state index in [1.54, 1.807) is 13.0 Å². The van der Waals surface area contributed by atoms with E-state index >= 15 is 0 Å². The minimum atomic E-state index is -1.04. The van der Waals surface area contributed by atoms with Crippen molar-refractivity contribution in [2.75, 3.05) is 6.61 Å². The highest BCUT2D eigenvalue weighted by molar-refractivity contribution is 7.14. The van der Waals surface area contributed by atoms with Gasteiger partial charge in [-0.1, -0.05) is 0 Å². The Balaban J connectivity index is 2.63. The zero-order valence-electron chi connectivity index (χ0n) is 9.94. The molecule has 0 radical (unpaired) electrons. The van der Waals surface area contributed by atoms with Crippen molar-refractivity contribution >= 4 is 23.2 Å². The lowest BCUT2D eigenvalue weighted by atomic mass is 10.4. The maximum Gasteiger partial charge on any atom is 0.349 e. The van der Waals surface area contributed by atoms with Crippen LogP contribution in [0, 0.1) is 6.92 Å². The number of aromatic carboxylic acids is 1. The second kappa shape index (κ2) is 5.67. The summed E-state index contributed by atoms with van der Waals surface area (Å²) in [6.07, 6.45) is 0. The van der Waals surface area contributed by atoms with Crippen LogP contribution in [0.15, 0.2) is 6.07 Å². The maximum atomic E-state index is 11.3. The minimum Gasteiger partial charge on any atom is -0.482 e. The summed E-state index contributed by atoms with van der Waals surface area (Å²) in [5.41, 5.74) is 0. The van der Waals surface area contributed by atoms with Gasteiger partial charge in [0, 0.05) is 10.9 Å². The van der Waals surface area contributed by atoms with Gasteiger partial charge in [0.2, 0.25) is 0 Å². The molecule has 2 N–H and O–H groups in total. The van der Waals surface area contributed by atoms with E-state index in [4.69, 9.17) is 9.84 Å². The van der Waals surface area contributed by atoms with Gasteiger partial charge in [-0.3, -0.25) is 4.79 Å². The largest absolute Gasteiger partial charge is 0.482 e. The molecule has 5 nitrogen and oxygen atoms in total. The summed E-state index contributed by atoms with van der Waals surface area (Å²) in [6, 6.07) is 1.66. The van der Waals surface area contributed by atoms with Crippen molar-refractivity contribution in [1.29, 1.82) is 0 Å². The van der Waals surface area contributed by atoms with Gasteiger partial charge >= 0.3 is 5.97 Å². The van der Waals surface area contributed by atoms with Gasteiger partial charge in [-0.15, -0.1) is 11.3 Å². The molecule has 0 unspecified atom stereocenters. The monoisotopic (exact) mass is 257 g/mol. The molecule has 1 aromatic heterocycles. The topological polar surface area (TPSA) is 75.6 Å². The molecule has 0 aromatic carbocycles.